The molecule has 1 rings (SSSR count). The number of carbonyl (C=O) groups is 1. The van der Waals surface area contributed by atoms with Crippen molar-refractivity contribution in [1.29, 1.82) is 0 Å². The first-order valence-corrected chi connectivity index (χ1v) is 6.53. The van der Waals surface area contributed by atoms with E-state index in [0.717, 1.165) is 12.4 Å². The van der Waals surface area contributed by atoms with Gasteiger partial charge in [-0.3, -0.25) is 4.79 Å². The van der Waals surface area contributed by atoms with Gasteiger partial charge in [0.1, 0.15) is 11.6 Å². The van der Waals surface area contributed by atoms with Gasteiger partial charge in [0.2, 0.25) is 5.91 Å². The van der Waals surface area contributed by atoms with Gasteiger partial charge in [-0.2, -0.15) is 0 Å². The largest absolute Gasteiger partial charge is 0.370 e. The summed E-state index contributed by atoms with van der Waals surface area (Å²) in [5.41, 5.74) is 0. The third-order valence-corrected chi connectivity index (χ3v) is 2.50. The van der Waals surface area contributed by atoms with Gasteiger partial charge in [-0.05, 0) is 13.2 Å². The molecule has 1 aromatic heterocycles. The van der Waals surface area contributed by atoms with Crippen molar-refractivity contribution < 1.29 is 4.79 Å². The normalized spacial score (nSPS) is 9.82. The number of aromatic nitrogens is 2. The number of likely N-dealkylation sites (N-methyl/N-ethyl adjacent to an activating group) is 1. The van der Waals surface area contributed by atoms with E-state index in [1.165, 1.54) is 11.8 Å². The first-order chi connectivity index (χ1) is 8.19. The van der Waals surface area contributed by atoms with E-state index in [2.05, 4.69) is 25.9 Å². The summed E-state index contributed by atoms with van der Waals surface area (Å²) in [6.07, 6.45) is 1.91. The number of nitrogens with one attached hydrogen (secondary N) is 3. The van der Waals surface area contributed by atoms with Gasteiger partial charge in [0.05, 0.1) is 6.54 Å². The van der Waals surface area contributed by atoms with E-state index in [1.807, 2.05) is 13.2 Å². The highest BCUT2D eigenvalue weighted by atomic mass is 32.2. The summed E-state index contributed by atoms with van der Waals surface area (Å²) in [6.45, 7) is 2.99. The highest BCUT2D eigenvalue weighted by Crippen LogP contribution is 2.16. The molecule has 94 valence electrons. The van der Waals surface area contributed by atoms with Crippen LogP contribution in [0.5, 0.6) is 0 Å². The molecule has 0 bridgehead atoms. The summed E-state index contributed by atoms with van der Waals surface area (Å²) < 4.78 is 0. The van der Waals surface area contributed by atoms with Gasteiger partial charge in [-0.25, -0.2) is 9.97 Å². The van der Waals surface area contributed by atoms with Crippen LogP contribution in [0.2, 0.25) is 0 Å². The smallest absolute Gasteiger partial charge is 0.239 e. The van der Waals surface area contributed by atoms with Crippen molar-refractivity contribution in [2.45, 2.75) is 12.1 Å². The SMILES string of the molecule is CCNc1cc(NCC(=O)NC)nc(SC)n1. The lowest BCUT2D eigenvalue weighted by Crippen LogP contribution is -2.26. The molecular weight excluding hydrogens is 238 g/mol. The Morgan fingerprint density at radius 3 is 2.53 bits per heavy atom. The third kappa shape index (κ3) is 4.48. The average Bonchev–Trinajstić information content (AvgIpc) is 2.36. The van der Waals surface area contributed by atoms with Gasteiger partial charge in [-0.15, -0.1) is 0 Å². The number of carbonyl (C=O) groups excluding carboxylic acids is 1. The predicted molar refractivity (Wildman–Crippen MR) is 70.5 cm³/mol. The quantitative estimate of drug-likeness (QED) is 0.515. The van der Waals surface area contributed by atoms with Crippen LogP contribution in [0.4, 0.5) is 11.6 Å². The van der Waals surface area contributed by atoms with Crippen molar-refractivity contribution in [2.75, 3.05) is 37.0 Å². The Balaban J connectivity index is 2.75. The maximum Gasteiger partial charge on any atom is 0.239 e. The summed E-state index contributed by atoms with van der Waals surface area (Å²) in [5, 5.41) is 9.28. The van der Waals surface area contributed by atoms with Crippen LogP contribution in [0.15, 0.2) is 11.2 Å². The Morgan fingerprint density at radius 2 is 2.00 bits per heavy atom. The predicted octanol–water partition coefficient (Wildman–Crippen LogP) is 0.788. The summed E-state index contributed by atoms with van der Waals surface area (Å²) in [6, 6.07) is 1.78. The number of hydrogen-bond donors (Lipinski definition) is 3. The Labute approximate surface area is 105 Å². The van der Waals surface area contributed by atoms with Crippen LogP contribution < -0.4 is 16.0 Å². The summed E-state index contributed by atoms with van der Waals surface area (Å²) in [4.78, 5) is 19.7. The van der Waals surface area contributed by atoms with Crippen molar-refractivity contribution in [1.82, 2.24) is 15.3 Å². The number of hydrogen-bond acceptors (Lipinski definition) is 6. The molecule has 1 heterocycles. The minimum absolute atomic E-state index is 0.0840. The highest BCUT2D eigenvalue weighted by molar-refractivity contribution is 7.98. The molecule has 1 aromatic rings. The summed E-state index contributed by atoms with van der Waals surface area (Å²) >= 11 is 1.46. The van der Waals surface area contributed by atoms with Crippen LogP contribution in [0.3, 0.4) is 0 Å². The van der Waals surface area contributed by atoms with Crippen LogP contribution in [-0.4, -0.2) is 42.3 Å². The van der Waals surface area contributed by atoms with Crippen molar-refractivity contribution in [3.8, 4) is 0 Å². The highest BCUT2D eigenvalue weighted by Gasteiger charge is 2.04. The fourth-order valence-electron chi connectivity index (χ4n) is 1.14. The first kappa shape index (κ1) is 13.6. The Bertz CT molecular complexity index is 385. The molecule has 17 heavy (non-hydrogen) atoms. The molecule has 0 aliphatic carbocycles. The van der Waals surface area contributed by atoms with E-state index in [-0.39, 0.29) is 12.5 Å². The van der Waals surface area contributed by atoms with Crippen LogP contribution in [0.1, 0.15) is 6.92 Å². The van der Waals surface area contributed by atoms with E-state index in [4.69, 9.17) is 0 Å². The van der Waals surface area contributed by atoms with Crippen molar-refractivity contribution >= 4 is 29.3 Å². The molecule has 0 atom stereocenters. The molecule has 0 aliphatic heterocycles. The standard InChI is InChI=1S/C10H17N5OS/c1-4-12-7-5-8(13-6-9(16)11-2)15-10(14-7)17-3/h5H,4,6H2,1-3H3,(H,11,16)(H2,12,13,14,15). The molecule has 0 fully saturated rings. The van der Waals surface area contributed by atoms with Gasteiger partial charge < -0.3 is 16.0 Å². The number of thioether (sulfide) groups is 1. The second-order valence-electron chi connectivity index (χ2n) is 3.18. The van der Waals surface area contributed by atoms with Gasteiger partial charge in [0, 0.05) is 19.7 Å². The molecule has 3 N–H and O–H groups in total. The van der Waals surface area contributed by atoms with Crippen LogP contribution >= 0.6 is 11.8 Å². The maximum absolute atomic E-state index is 11.1. The molecule has 1 amide bonds. The zero-order chi connectivity index (χ0) is 12.7. The second-order valence-corrected chi connectivity index (χ2v) is 3.96. The molecule has 0 spiro atoms. The van der Waals surface area contributed by atoms with E-state index in [1.54, 1.807) is 13.1 Å². The maximum atomic E-state index is 11.1. The number of rotatable bonds is 6. The second kappa shape index (κ2) is 6.95. The lowest BCUT2D eigenvalue weighted by molar-refractivity contribution is -0.118. The fourth-order valence-corrected chi connectivity index (χ4v) is 1.52. The van der Waals surface area contributed by atoms with E-state index < -0.39 is 0 Å². The number of nitrogens with zero attached hydrogens (tertiary/aromatic N) is 2. The van der Waals surface area contributed by atoms with Gasteiger partial charge >= 0.3 is 0 Å². The zero-order valence-electron chi connectivity index (χ0n) is 10.2. The number of amides is 1. The monoisotopic (exact) mass is 255 g/mol. The van der Waals surface area contributed by atoms with E-state index in [9.17, 15) is 4.79 Å². The van der Waals surface area contributed by atoms with Crippen molar-refractivity contribution in [2.24, 2.45) is 0 Å². The fraction of sp³-hybridized carbons (Fsp3) is 0.500. The molecule has 0 aliphatic rings. The van der Waals surface area contributed by atoms with Crippen LogP contribution in [-0.2, 0) is 4.79 Å². The lowest BCUT2D eigenvalue weighted by Gasteiger charge is -2.09. The molecule has 0 saturated heterocycles. The summed E-state index contributed by atoms with van der Waals surface area (Å²) in [7, 11) is 1.60. The average molecular weight is 255 g/mol. The van der Waals surface area contributed by atoms with Crippen LogP contribution in [0, 0.1) is 0 Å². The minimum Gasteiger partial charge on any atom is -0.370 e. The Kier molecular flexibility index (Phi) is 5.55. The van der Waals surface area contributed by atoms with Crippen molar-refractivity contribution in [3.05, 3.63) is 6.07 Å². The van der Waals surface area contributed by atoms with Crippen LogP contribution in [0.25, 0.3) is 0 Å². The Morgan fingerprint density at radius 1 is 1.35 bits per heavy atom. The van der Waals surface area contributed by atoms with Gasteiger partial charge in [0.15, 0.2) is 5.16 Å². The molecule has 0 unspecified atom stereocenters. The Hall–Kier alpha value is -1.50. The van der Waals surface area contributed by atoms with Gasteiger partial charge in [-0.1, -0.05) is 11.8 Å². The summed E-state index contributed by atoms with van der Waals surface area (Å²) in [5.74, 6) is 1.31. The molecule has 0 saturated carbocycles. The zero-order valence-corrected chi connectivity index (χ0v) is 11.0. The topological polar surface area (TPSA) is 78.9 Å². The molecule has 6 nitrogen and oxygen atoms in total. The lowest BCUT2D eigenvalue weighted by atomic mass is 10.5. The molecular formula is C10H17N5OS. The third-order valence-electron chi connectivity index (χ3n) is 1.96. The van der Waals surface area contributed by atoms with Crippen molar-refractivity contribution in [3.63, 3.8) is 0 Å². The van der Waals surface area contributed by atoms with Gasteiger partial charge in [0.25, 0.3) is 0 Å². The van der Waals surface area contributed by atoms with E-state index in [0.29, 0.717) is 11.0 Å². The van der Waals surface area contributed by atoms with E-state index >= 15 is 0 Å². The molecule has 0 radical (unpaired) electrons. The minimum atomic E-state index is -0.0840. The first-order valence-electron chi connectivity index (χ1n) is 5.31. The molecule has 7 heteroatoms. The molecule has 0 aromatic carbocycles. The number of anilines is 2.